The summed E-state index contributed by atoms with van der Waals surface area (Å²) in [7, 11) is 0. The molecule has 7 nitrogen and oxygen atoms in total. The number of halogens is 1. The van der Waals surface area contributed by atoms with Crippen molar-refractivity contribution in [2.24, 2.45) is 0 Å². The first-order chi connectivity index (χ1) is 16.0. The van der Waals surface area contributed by atoms with Gasteiger partial charge in [-0.05, 0) is 48.0 Å². The first-order valence-corrected chi connectivity index (χ1v) is 11.3. The smallest absolute Gasteiger partial charge is 0.307 e. The number of piperidine rings is 1. The predicted molar refractivity (Wildman–Crippen MR) is 128 cm³/mol. The molecule has 2 aromatic carbocycles. The highest BCUT2D eigenvalue weighted by Gasteiger charge is 2.21. The zero-order valence-electron chi connectivity index (χ0n) is 17.9. The minimum Gasteiger partial charge on any atom is -0.490 e. The monoisotopic (exact) mass is 462 g/mol. The van der Waals surface area contributed by atoms with Gasteiger partial charge in [-0.2, -0.15) is 0 Å². The van der Waals surface area contributed by atoms with Gasteiger partial charge in [0.25, 0.3) is 0 Å². The third kappa shape index (κ3) is 4.93. The molecule has 0 atom stereocenters. The van der Waals surface area contributed by atoms with E-state index >= 15 is 0 Å². The summed E-state index contributed by atoms with van der Waals surface area (Å²) in [5.74, 6) is 1.65. The Morgan fingerprint density at radius 2 is 1.91 bits per heavy atom. The van der Waals surface area contributed by atoms with E-state index in [-0.39, 0.29) is 12.5 Å². The van der Waals surface area contributed by atoms with Gasteiger partial charge < -0.3 is 19.7 Å². The van der Waals surface area contributed by atoms with Crippen LogP contribution >= 0.6 is 11.6 Å². The lowest BCUT2D eigenvalue weighted by Crippen LogP contribution is -2.38. The quantitative estimate of drug-likeness (QED) is 0.421. The van der Waals surface area contributed by atoms with Gasteiger partial charge in [0.15, 0.2) is 0 Å². The van der Waals surface area contributed by atoms with Gasteiger partial charge >= 0.3 is 5.97 Å². The Morgan fingerprint density at radius 3 is 2.61 bits per heavy atom. The summed E-state index contributed by atoms with van der Waals surface area (Å²) in [5, 5.41) is 9.54. The number of H-pyrrole nitrogens is 1. The van der Waals surface area contributed by atoms with Gasteiger partial charge in [-0.3, -0.25) is 4.79 Å². The number of hydrogen-bond acceptors (Lipinski definition) is 5. The van der Waals surface area contributed by atoms with Gasteiger partial charge in [0.1, 0.15) is 23.5 Å². The lowest BCUT2D eigenvalue weighted by Gasteiger charge is -2.33. The second kappa shape index (κ2) is 9.11. The van der Waals surface area contributed by atoms with E-state index in [2.05, 4.69) is 19.9 Å². The summed E-state index contributed by atoms with van der Waals surface area (Å²) >= 11 is 6.06. The number of hydrogen-bond donors (Lipinski definition) is 2. The summed E-state index contributed by atoms with van der Waals surface area (Å²) in [6.45, 7) is 1.72. The van der Waals surface area contributed by atoms with E-state index in [9.17, 15) is 4.79 Å². The number of anilines is 1. The minimum atomic E-state index is -0.833. The number of carboxylic acid groups (broad SMARTS) is 1. The molecule has 4 aromatic rings. The topological polar surface area (TPSA) is 91.3 Å². The van der Waals surface area contributed by atoms with Crippen molar-refractivity contribution in [3.8, 4) is 17.1 Å². The number of imidazole rings is 1. The number of rotatable bonds is 6. The summed E-state index contributed by atoms with van der Waals surface area (Å²) in [4.78, 5) is 25.7. The van der Waals surface area contributed by atoms with E-state index in [0.717, 1.165) is 65.5 Å². The molecule has 1 fully saturated rings. The van der Waals surface area contributed by atoms with Crippen molar-refractivity contribution in [2.45, 2.75) is 25.4 Å². The van der Waals surface area contributed by atoms with Crippen LogP contribution in [0.4, 0.5) is 5.82 Å². The Hall–Kier alpha value is -3.58. The Labute approximate surface area is 196 Å². The largest absolute Gasteiger partial charge is 0.490 e. The highest BCUT2D eigenvalue weighted by Crippen LogP contribution is 2.26. The highest BCUT2D eigenvalue weighted by atomic mass is 35.5. The number of pyridine rings is 1. The maximum atomic E-state index is 10.8. The molecule has 0 aliphatic carbocycles. The zero-order chi connectivity index (χ0) is 22.8. The van der Waals surface area contributed by atoms with Crippen LogP contribution in [0, 0.1) is 0 Å². The lowest BCUT2D eigenvalue weighted by atomic mass is 10.1. The van der Waals surface area contributed by atoms with E-state index < -0.39 is 5.97 Å². The van der Waals surface area contributed by atoms with Crippen molar-refractivity contribution in [1.29, 1.82) is 0 Å². The normalized spacial score (nSPS) is 14.5. The van der Waals surface area contributed by atoms with Gasteiger partial charge in [-0.15, -0.1) is 0 Å². The highest BCUT2D eigenvalue weighted by molar-refractivity contribution is 6.31. The molecule has 2 aromatic heterocycles. The number of carboxylic acids is 1. The minimum absolute atomic E-state index is 0.0230. The zero-order valence-corrected chi connectivity index (χ0v) is 18.6. The molecule has 2 N–H and O–H groups in total. The summed E-state index contributed by atoms with van der Waals surface area (Å²) < 4.78 is 6.10. The number of aromatic nitrogens is 3. The van der Waals surface area contributed by atoms with Crippen LogP contribution in [0.5, 0.6) is 5.75 Å². The van der Waals surface area contributed by atoms with Crippen molar-refractivity contribution >= 4 is 34.4 Å². The van der Waals surface area contributed by atoms with E-state index in [4.69, 9.17) is 21.4 Å². The summed E-state index contributed by atoms with van der Waals surface area (Å²) in [5.41, 5.74) is 3.47. The fraction of sp³-hybridized carbons (Fsp3) is 0.240. The first kappa shape index (κ1) is 21.3. The maximum Gasteiger partial charge on any atom is 0.307 e. The van der Waals surface area contributed by atoms with Crippen molar-refractivity contribution < 1.29 is 14.6 Å². The Morgan fingerprint density at radius 1 is 1.12 bits per heavy atom. The van der Waals surface area contributed by atoms with Crippen LogP contribution in [0.15, 0.2) is 60.8 Å². The average Bonchev–Trinajstić information content (AvgIpc) is 3.24. The summed E-state index contributed by atoms with van der Waals surface area (Å²) in [6.07, 6.45) is 3.79. The van der Waals surface area contributed by atoms with E-state index in [1.807, 2.05) is 48.7 Å². The molecule has 1 saturated heterocycles. The van der Waals surface area contributed by atoms with E-state index in [0.29, 0.717) is 5.02 Å². The molecule has 1 aliphatic rings. The SMILES string of the molecule is O=C(O)Cc1ccc(OC2CCN(c3ccc(-c4nc5cc(Cl)ccc5[nH]4)cn3)CC2)cc1. The maximum absolute atomic E-state index is 10.8. The number of carbonyl (C=O) groups is 1. The van der Waals surface area contributed by atoms with Crippen LogP contribution in [0.1, 0.15) is 18.4 Å². The van der Waals surface area contributed by atoms with E-state index in [1.54, 1.807) is 12.1 Å². The van der Waals surface area contributed by atoms with Crippen LogP contribution in [0.2, 0.25) is 5.02 Å². The third-order valence-electron chi connectivity index (χ3n) is 5.81. The standard InChI is InChI=1S/C25H23ClN4O3/c26-18-4-7-21-22(14-18)29-25(28-21)17-3-8-23(27-15-17)30-11-9-20(10-12-30)33-19-5-1-16(2-6-19)13-24(31)32/h1-8,14-15,20H,9-13H2,(H,28,29)(H,31,32). The Kier molecular flexibility index (Phi) is 5.88. The number of aliphatic carboxylic acids is 1. The van der Waals surface area contributed by atoms with Crippen LogP contribution in [0.25, 0.3) is 22.4 Å². The number of fused-ring (bicyclic) bond motifs is 1. The molecule has 0 unspecified atom stereocenters. The van der Waals surface area contributed by atoms with Crippen LogP contribution in [0.3, 0.4) is 0 Å². The van der Waals surface area contributed by atoms with Crippen molar-refractivity contribution in [3.05, 3.63) is 71.4 Å². The van der Waals surface area contributed by atoms with Crippen molar-refractivity contribution in [3.63, 3.8) is 0 Å². The molecular formula is C25H23ClN4O3. The van der Waals surface area contributed by atoms with Gasteiger partial charge in [0.05, 0.1) is 17.5 Å². The molecule has 5 rings (SSSR count). The van der Waals surface area contributed by atoms with Crippen LogP contribution in [-0.4, -0.2) is 45.2 Å². The van der Waals surface area contributed by atoms with Gasteiger partial charge in [-0.1, -0.05) is 23.7 Å². The fourth-order valence-corrected chi connectivity index (χ4v) is 4.25. The summed E-state index contributed by atoms with van der Waals surface area (Å²) in [6, 6.07) is 17.0. The fourth-order valence-electron chi connectivity index (χ4n) is 4.08. The molecular weight excluding hydrogens is 440 g/mol. The second-order valence-electron chi connectivity index (χ2n) is 8.17. The molecule has 1 aliphatic heterocycles. The second-order valence-corrected chi connectivity index (χ2v) is 8.61. The first-order valence-electron chi connectivity index (χ1n) is 10.9. The molecule has 0 amide bonds. The predicted octanol–water partition coefficient (Wildman–Crippen LogP) is 4.95. The van der Waals surface area contributed by atoms with Gasteiger partial charge in [-0.25, -0.2) is 9.97 Å². The molecule has 0 bridgehead atoms. The third-order valence-corrected chi connectivity index (χ3v) is 6.05. The lowest BCUT2D eigenvalue weighted by molar-refractivity contribution is -0.136. The van der Waals surface area contributed by atoms with Gasteiger partial charge in [0, 0.05) is 42.7 Å². The molecule has 168 valence electrons. The molecule has 3 heterocycles. The van der Waals surface area contributed by atoms with Crippen LogP contribution in [-0.2, 0) is 11.2 Å². The molecule has 0 saturated carbocycles. The number of nitrogens with one attached hydrogen (secondary N) is 1. The average molecular weight is 463 g/mol. The molecule has 33 heavy (non-hydrogen) atoms. The number of ether oxygens (including phenoxy) is 1. The molecule has 0 spiro atoms. The van der Waals surface area contributed by atoms with Crippen molar-refractivity contribution in [2.75, 3.05) is 18.0 Å². The Bertz CT molecular complexity index is 1260. The molecule has 0 radical (unpaired) electrons. The molecule has 8 heteroatoms. The number of nitrogens with zero attached hydrogens (tertiary/aromatic N) is 3. The number of benzene rings is 2. The van der Waals surface area contributed by atoms with Crippen molar-refractivity contribution in [1.82, 2.24) is 15.0 Å². The van der Waals surface area contributed by atoms with E-state index in [1.165, 1.54) is 0 Å². The van der Waals surface area contributed by atoms with Crippen LogP contribution < -0.4 is 9.64 Å². The Balaban J connectivity index is 1.18. The number of aromatic amines is 1. The van der Waals surface area contributed by atoms with Gasteiger partial charge in [0.2, 0.25) is 0 Å².